The molecule has 0 unspecified atom stereocenters. The average Bonchev–Trinajstić information content (AvgIpc) is 2.26. The molecule has 1 aliphatic rings. The van der Waals surface area contributed by atoms with Crippen LogP contribution in [0.4, 0.5) is 0 Å². The molecule has 4 N–H and O–H groups in total. The molecule has 15 heavy (non-hydrogen) atoms. The molecule has 0 radical (unpaired) electrons. The maximum atomic E-state index is 11.0. The fourth-order valence-corrected chi connectivity index (χ4v) is 2.22. The van der Waals surface area contributed by atoms with Gasteiger partial charge in [-0.25, -0.2) is 0 Å². The highest BCUT2D eigenvalue weighted by molar-refractivity contribution is 5.76. The number of rotatable bonds is 5. The molecule has 0 saturated carbocycles. The van der Waals surface area contributed by atoms with Crippen LogP contribution in [0.3, 0.4) is 0 Å². The minimum atomic E-state index is -0.135. The Morgan fingerprint density at radius 3 is 2.53 bits per heavy atom. The van der Waals surface area contributed by atoms with Crippen LogP contribution in [-0.4, -0.2) is 36.5 Å². The normalized spacial score (nSPS) is 21.5. The van der Waals surface area contributed by atoms with Gasteiger partial charge in [0, 0.05) is 12.0 Å². The molecule has 0 bridgehead atoms. The number of hydrogen-bond donors (Lipinski definition) is 2. The lowest BCUT2D eigenvalue weighted by Crippen LogP contribution is -2.42. The van der Waals surface area contributed by atoms with E-state index in [0.717, 1.165) is 45.3 Å². The monoisotopic (exact) mass is 213 g/mol. The predicted octanol–water partition coefficient (Wildman–Crippen LogP) is 0.311. The summed E-state index contributed by atoms with van der Waals surface area (Å²) in [5.41, 5.74) is 10.8. The zero-order valence-corrected chi connectivity index (χ0v) is 9.61. The van der Waals surface area contributed by atoms with Crippen LogP contribution < -0.4 is 11.5 Å². The first-order valence-electron chi connectivity index (χ1n) is 5.88. The Kier molecular flexibility index (Phi) is 5.05. The molecule has 0 spiro atoms. The second-order valence-corrected chi connectivity index (χ2v) is 4.49. The highest BCUT2D eigenvalue weighted by Gasteiger charge is 2.25. The van der Waals surface area contributed by atoms with E-state index < -0.39 is 0 Å². The molecule has 1 atom stereocenters. The lowest BCUT2D eigenvalue weighted by molar-refractivity contribution is -0.123. The van der Waals surface area contributed by atoms with E-state index in [1.165, 1.54) is 0 Å². The highest BCUT2D eigenvalue weighted by Crippen LogP contribution is 2.19. The van der Waals surface area contributed by atoms with Crippen LogP contribution in [-0.2, 0) is 4.79 Å². The van der Waals surface area contributed by atoms with Crippen LogP contribution in [0.5, 0.6) is 0 Å². The number of carbonyl (C=O) groups excluding carboxylic acids is 1. The molecule has 88 valence electrons. The van der Waals surface area contributed by atoms with Gasteiger partial charge in [0.1, 0.15) is 0 Å². The molecule has 0 aliphatic carbocycles. The Labute approximate surface area is 92.0 Å². The smallest absolute Gasteiger partial charge is 0.220 e. The van der Waals surface area contributed by atoms with Gasteiger partial charge in [-0.2, -0.15) is 0 Å². The van der Waals surface area contributed by atoms with E-state index >= 15 is 0 Å². The quantitative estimate of drug-likeness (QED) is 0.690. The Morgan fingerprint density at radius 2 is 2.07 bits per heavy atom. The van der Waals surface area contributed by atoms with Crippen molar-refractivity contribution in [3.63, 3.8) is 0 Å². The molecule has 4 heteroatoms. The molecule has 1 heterocycles. The summed E-state index contributed by atoms with van der Waals surface area (Å²) in [4.78, 5) is 13.4. The van der Waals surface area contributed by atoms with Crippen LogP contribution in [0.1, 0.15) is 32.6 Å². The van der Waals surface area contributed by atoms with Gasteiger partial charge in [0.2, 0.25) is 5.91 Å². The van der Waals surface area contributed by atoms with E-state index in [0.29, 0.717) is 6.04 Å². The molecule has 4 nitrogen and oxygen atoms in total. The summed E-state index contributed by atoms with van der Waals surface area (Å²) in [5.74, 6) is -0.0350. The van der Waals surface area contributed by atoms with Crippen molar-refractivity contribution in [1.29, 1.82) is 0 Å². The summed E-state index contributed by atoms with van der Waals surface area (Å²) in [6.45, 7) is 5.00. The second-order valence-electron chi connectivity index (χ2n) is 4.49. The fraction of sp³-hybridized carbons (Fsp3) is 0.909. The molecular weight excluding hydrogens is 190 g/mol. The number of amides is 1. The summed E-state index contributed by atoms with van der Waals surface area (Å²) in [5, 5.41) is 0. The first-order valence-corrected chi connectivity index (χ1v) is 5.88. The molecule has 1 rings (SSSR count). The van der Waals surface area contributed by atoms with E-state index in [2.05, 4.69) is 11.8 Å². The van der Waals surface area contributed by atoms with Gasteiger partial charge < -0.3 is 16.4 Å². The van der Waals surface area contributed by atoms with Crippen LogP contribution in [0.2, 0.25) is 0 Å². The maximum absolute atomic E-state index is 11.0. The number of likely N-dealkylation sites (tertiary alicyclic amines) is 1. The molecule has 1 aliphatic heterocycles. The number of hydrogen-bond acceptors (Lipinski definition) is 3. The van der Waals surface area contributed by atoms with Crippen LogP contribution >= 0.6 is 0 Å². The lowest BCUT2D eigenvalue weighted by atomic mass is 9.95. The summed E-state index contributed by atoms with van der Waals surface area (Å²) in [7, 11) is 0. The molecule has 0 aromatic heterocycles. The summed E-state index contributed by atoms with van der Waals surface area (Å²) < 4.78 is 0. The highest BCUT2D eigenvalue weighted by atomic mass is 16.1. The van der Waals surface area contributed by atoms with Crippen molar-refractivity contribution in [1.82, 2.24) is 4.90 Å². The summed E-state index contributed by atoms with van der Waals surface area (Å²) in [6, 6.07) is 0.586. The van der Waals surface area contributed by atoms with Crippen LogP contribution in [0.25, 0.3) is 0 Å². The zero-order chi connectivity index (χ0) is 11.3. The molecular formula is C11H23N3O. The van der Waals surface area contributed by atoms with Gasteiger partial charge in [-0.3, -0.25) is 4.79 Å². The van der Waals surface area contributed by atoms with Crippen LogP contribution in [0.15, 0.2) is 0 Å². The third kappa shape index (κ3) is 3.80. The zero-order valence-electron chi connectivity index (χ0n) is 9.61. The van der Waals surface area contributed by atoms with Gasteiger partial charge in [0.25, 0.3) is 0 Å². The van der Waals surface area contributed by atoms with Gasteiger partial charge in [-0.15, -0.1) is 0 Å². The largest absolute Gasteiger partial charge is 0.369 e. The fourth-order valence-electron chi connectivity index (χ4n) is 2.22. The minimum absolute atomic E-state index is 0.1000. The first kappa shape index (κ1) is 12.5. The van der Waals surface area contributed by atoms with Crippen molar-refractivity contribution >= 4 is 5.91 Å². The maximum Gasteiger partial charge on any atom is 0.220 e. The SMILES string of the molecule is C[C@H](CCCN)N1CCC(C(N)=O)CC1. The predicted molar refractivity (Wildman–Crippen MR) is 61.2 cm³/mol. The number of nitrogens with zero attached hydrogens (tertiary/aromatic N) is 1. The van der Waals surface area contributed by atoms with Gasteiger partial charge in [-0.1, -0.05) is 0 Å². The number of primary amides is 1. The van der Waals surface area contributed by atoms with Crippen molar-refractivity contribution in [2.45, 2.75) is 38.6 Å². The van der Waals surface area contributed by atoms with Gasteiger partial charge in [-0.05, 0) is 52.2 Å². The summed E-state index contributed by atoms with van der Waals surface area (Å²) >= 11 is 0. The van der Waals surface area contributed by atoms with E-state index in [4.69, 9.17) is 11.5 Å². The van der Waals surface area contributed by atoms with Crippen molar-refractivity contribution < 1.29 is 4.79 Å². The lowest BCUT2D eigenvalue weighted by Gasteiger charge is -2.35. The Balaban J connectivity index is 2.27. The van der Waals surface area contributed by atoms with Crippen molar-refractivity contribution in [3.05, 3.63) is 0 Å². The van der Waals surface area contributed by atoms with Crippen molar-refractivity contribution in [2.75, 3.05) is 19.6 Å². The topological polar surface area (TPSA) is 72.3 Å². The van der Waals surface area contributed by atoms with E-state index in [9.17, 15) is 4.79 Å². The van der Waals surface area contributed by atoms with E-state index in [1.54, 1.807) is 0 Å². The average molecular weight is 213 g/mol. The molecule has 1 fully saturated rings. The molecule has 0 aromatic carbocycles. The van der Waals surface area contributed by atoms with Crippen molar-refractivity contribution in [2.24, 2.45) is 17.4 Å². The minimum Gasteiger partial charge on any atom is -0.369 e. The molecule has 1 saturated heterocycles. The van der Waals surface area contributed by atoms with E-state index in [1.807, 2.05) is 0 Å². The Bertz CT molecular complexity index is 200. The summed E-state index contributed by atoms with van der Waals surface area (Å²) in [6.07, 6.45) is 4.07. The Hall–Kier alpha value is -0.610. The Morgan fingerprint density at radius 1 is 1.47 bits per heavy atom. The number of carbonyl (C=O) groups is 1. The number of piperidine rings is 1. The van der Waals surface area contributed by atoms with Crippen molar-refractivity contribution in [3.8, 4) is 0 Å². The molecule has 1 amide bonds. The first-order chi connectivity index (χ1) is 7.15. The third-order valence-corrected chi connectivity index (χ3v) is 3.38. The standard InChI is InChI=1S/C11H23N3O/c1-9(3-2-6-12)14-7-4-10(5-8-14)11(13)15/h9-10H,2-8,12H2,1H3,(H2,13,15)/t9-/m1/s1. The second kappa shape index (κ2) is 6.08. The van der Waals surface area contributed by atoms with Crippen LogP contribution in [0, 0.1) is 5.92 Å². The third-order valence-electron chi connectivity index (χ3n) is 3.38. The van der Waals surface area contributed by atoms with Gasteiger partial charge in [0.05, 0.1) is 0 Å². The van der Waals surface area contributed by atoms with Gasteiger partial charge >= 0.3 is 0 Å². The number of nitrogens with two attached hydrogens (primary N) is 2. The molecule has 0 aromatic rings. The van der Waals surface area contributed by atoms with E-state index in [-0.39, 0.29) is 11.8 Å². The van der Waals surface area contributed by atoms with Gasteiger partial charge in [0.15, 0.2) is 0 Å².